The maximum Gasteiger partial charge on any atom is 0.416 e. The highest BCUT2D eigenvalue weighted by atomic mass is 19.4. The summed E-state index contributed by atoms with van der Waals surface area (Å²) in [5, 5.41) is 3.75. The predicted molar refractivity (Wildman–Crippen MR) is 132 cm³/mol. The first kappa shape index (κ1) is 26.2. The van der Waals surface area contributed by atoms with Crippen LogP contribution in [0, 0.1) is 17.3 Å². The van der Waals surface area contributed by atoms with Crippen LogP contribution in [0.2, 0.25) is 0 Å². The molecule has 0 spiro atoms. The van der Waals surface area contributed by atoms with Gasteiger partial charge in [-0.1, -0.05) is 26.0 Å². The minimum atomic E-state index is -4.43. The molecule has 1 aromatic carbocycles. The van der Waals surface area contributed by atoms with E-state index in [1.807, 2.05) is 13.8 Å². The van der Waals surface area contributed by atoms with Crippen molar-refractivity contribution in [3.8, 4) is 0 Å². The lowest BCUT2D eigenvalue weighted by Gasteiger charge is -2.80. The number of halogens is 4. The van der Waals surface area contributed by atoms with Crippen LogP contribution >= 0.6 is 0 Å². The van der Waals surface area contributed by atoms with Crippen molar-refractivity contribution >= 4 is 22.9 Å². The van der Waals surface area contributed by atoms with Gasteiger partial charge in [0.1, 0.15) is 12.3 Å². The number of carbonyl (C=O) groups excluding carboxylic acids is 2. The number of fused-ring (bicyclic) bond motifs is 1. The van der Waals surface area contributed by atoms with Gasteiger partial charge < -0.3 is 14.6 Å². The van der Waals surface area contributed by atoms with E-state index < -0.39 is 24.0 Å². The summed E-state index contributed by atoms with van der Waals surface area (Å²) in [6, 6.07) is 6.63. The normalized spacial score (nSPS) is 26.0. The number of ether oxygens (including phenoxy) is 1. The molecular weight excluding hydrogens is 502 g/mol. The Morgan fingerprint density at radius 3 is 2.42 bits per heavy atom. The number of aromatic nitrogens is 2. The zero-order valence-electron chi connectivity index (χ0n) is 21.4. The number of esters is 1. The highest BCUT2D eigenvalue weighted by molar-refractivity contribution is 6.08. The second-order valence-corrected chi connectivity index (χ2v) is 10.6. The molecule has 2 atom stereocenters. The van der Waals surface area contributed by atoms with E-state index in [-0.39, 0.29) is 42.1 Å². The van der Waals surface area contributed by atoms with Gasteiger partial charge in [-0.05, 0) is 59.4 Å². The number of alkyl halides is 4. The Hall–Kier alpha value is -3.43. The van der Waals surface area contributed by atoms with Crippen molar-refractivity contribution in [2.24, 2.45) is 17.3 Å². The average molecular weight is 532 g/mol. The largest absolute Gasteiger partial charge is 0.469 e. The van der Waals surface area contributed by atoms with Crippen molar-refractivity contribution in [2.45, 2.75) is 51.4 Å². The van der Waals surface area contributed by atoms with Gasteiger partial charge in [0.05, 0.1) is 31.2 Å². The Morgan fingerprint density at radius 1 is 1.16 bits per heavy atom. The fourth-order valence-corrected chi connectivity index (χ4v) is 6.72. The van der Waals surface area contributed by atoms with Gasteiger partial charge in [-0.2, -0.15) is 13.2 Å². The van der Waals surface area contributed by atoms with Crippen molar-refractivity contribution in [2.75, 3.05) is 13.8 Å². The van der Waals surface area contributed by atoms with Crippen LogP contribution in [0.4, 0.5) is 17.6 Å². The SMILES string of the molecule is COC(=O)CC12CC(NC(=O)c3cn(CCF)c4nccc(Cc5ccc(C(F)(F)F)cc5)c34)([C@H]1C)[C@H]2C. The predicted octanol–water partition coefficient (Wildman–Crippen LogP) is 5.32. The van der Waals surface area contributed by atoms with Crippen molar-refractivity contribution in [1.82, 2.24) is 14.9 Å². The number of pyridine rings is 1. The molecule has 0 saturated heterocycles. The van der Waals surface area contributed by atoms with Crippen LogP contribution in [0.5, 0.6) is 0 Å². The van der Waals surface area contributed by atoms with Gasteiger partial charge in [-0.15, -0.1) is 0 Å². The summed E-state index contributed by atoms with van der Waals surface area (Å²) in [7, 11) is 1.37. The third kappa shape index (κ3) is 3.87. The monoisotopic (exact) mass is 531 g/mol. The highest BCUT2D eigenvalue weighted by Gasteiger charge is 2.79. The van der Waals surface area contributed by atoms with Gasteiger partial charge in [-0.3, -0.25) is 9.59 Å². The van der Waals surface area contributed by atoms with Gasteiger partial charge in [0, 0.05) is 23.3 Å². The Balaban J connectivity index is 1.45. The van der Waals surface area contributed by atoms with Crippen LogP contribution < -0.4 is 5.32 Å². The molecule has 3 aliphatic rings. The lowest BCUT2D eigenvalue weighted by atomic mass is 9.27. The summed E-state index contributed by atoms with van der Waals surface area (Å²) in [5.41, 5.74) is 0.752. The first-order valence-electron chi connectivity index (χ1n) is 12.5. The van der Waals surface area contributed by atoms with E-state index >= 15 is 0 Å². The summed E-state index contributed by atoms with van der Waals surface area (Å²) in [6.07, 6.45) is -0.0307. The fourth-order valence-electron chi connectivity index (χ4n) is 6.72. The molecule has 0 radical (unpaired) electrons. The van der Waals surface area contributed by atoms with Gasteiger partial charge in [0.25, 0.3) is 5.91 Å². The van der Waals surface area contributed by atoms with E-state index in [1.165, 1.54) is 19.2 Å². The van der Waals surface area contributed by atoms with E-state index in [0.29, 0.717) is 40.6 Å². The van der Waals surface area contributed by atoms with E-state index in [4.69, 9.17) is 4.74 Å². The van der Waals surface area contributed by atoms with Crippen molar-refractivity contribution in [3.05, 3.63) is 65.0 Å². The second kappa shape index (κ2) is 9.10. The molecule has 6 rings (SSSR count). The molecule has 6 nitrogen and oxygen atoms in total. The first-order chi connectivity index (χ1) is 18.0. The van der Waals surface area contributed by atoms with Gasteiger partial charge in [-0.25, -0.2) is 9.37 Å². The molecule has 2 aromatic heterocycles. The maximum absolute atomic E-state index is 13.7. The fraction of sp³-hybridized carbons (Fsp3) is 0.464. The summed E-state index contributed by atoms with van der Waals surface area (Å²) in [6.45, 7) is 3.41. The zero-order chi connectivity index (χ0) is 27.5. The Labute approximate surface area is 217 Å². The van der Waals surface area contributed by atoms with Crippen molar-refractivity contribution in [3.63, 3.8) is 0 Å². The molecule has 10 heteroatoms. The summed E-state index contributed by atoms with van der Waals surface area (Å²) in [5.74, 6) is -0.426. The molecule has 2 heterocycles. The Bertz CT molecular complexity index is 1390. The molecule has 202 valence electrons. The number of hydrogen-bond donors (Lipinski definition) is 1. The quantitative estimate of drug-likeness (QED) is 0.315. The minimum absolute atomic E-state index is 0.0146. The molecule has 3 aliphatic carbocycles. The van der Waals surface area contributed by atoms with Crippen LogP contribution in [0.3, 0.4) is 0 Å². The van der Waals surface area contributed by atoms with Crippen LogP contribution in [0.1, 0.15) is 53.7 Å². The topological polar surface area (TPSA) is 73.2 Å². The summed E-state index contributed by atoms with van der Waals surface area (Å²) >= 11 is 0. The van der Waals surface area contributed by atoms with E-state index in [0.717, 1.165) is 12.1 Å². The van der Waals surface area contributed by atoms with Crippen molar-refractivity contribution in [1.29, 1.82) is 0 Å². The number of carbonyl (C=O) groups is 2. The second-order valence-electron chi connectivity index (χ2n) is 10.6. The first-order valence-corrected chi connectivity index (χ1v) is 12.5. The lowest BCUT2D eigenvalue weighted by molar-refractivity contribution is -0.278. The van der Waals surface area contributed by atoms with E-state index in [1.54, 1.807) is 23.0 Å². The number of nitrogens with zero attached hydrogens (tertiary/aromatic N) is 2. The summed E-state index contributed by atoms with van der Waals surface area (Å²) < 4.78 is 58.8. The molecule has 3 fully saturated rings. The highest BCUT2D eigenvalue weighted by Crippen LogP contribution is 2.76. The minimum Gasteiger partial charge on any atom is -0.469 e. The van der Waals surface area contributed by atoms with Crippen LogP contribution in [0.15, 0.2) is 42.7 Å². The smallest absolute Gasteiger partial charge is 0.416 e. The molecule has 2 bridgehead atoms. The number of hydrogen-bond acceptors (Lipinski definition) is 4. The maximum atomic E-state index is 13.7. The number of rotatable bonds is 8. The Morgan fingerprint density at radius 2 is 1.84 bits per heavy atom. The molecule has 0 unspecified atom stereocenters. The number of aryl methyl sites for hydroxylation is 1. The molecule has 0 aliphatic heterocycles. The van der Waals surface area contributed by atoms with Crippen LogP contribution in [-0.2, 0) is 28.7 Å². The molecule has 1 N–H and O–H groups in total. The standard InChI is InChI=1S/C28H29F4N3O3/c1-16-26(13-22(36)38-3)15-27(16,17(26)2)34-25(37)21-14-35(11-9-29)24-23(21)19(8-10-33-24)12-18-4-6-20(7-5-18)28(30,31)32/h4-8,10,14,16-17H,9,11-13,15H2,1-3H3,(H,34,37)/t16-,17-,26?,27?/m0/s1. The van der Waals surface area contributed by atoms with Crippen molar-refractivity contribution < 1.29 is 31.9 Å². The van der Waals surface area contributed by atoms with E-state index in [9.17, 15) is 27.2 Å². The number of benzene rings is 1. The molecule has 3 saturated carbocycles. The summed E-state index contributed by atoms with van der Waals surface area (Å²) in [4.78, 5) is 30.0. The molecular formula is C28H29F4N3O3. The molecule has 3 aromatic rings. The number of methoxy groups -OCH3 is 1. The van der Waals surface area contributed by atoms with Gasteiger partial charge >= 0.3 is 12.1 Å². The third-order valence-electron chi connectivity index (χ3n) is 9.03. The number of amides is 1. The Kier molecular flexibility index (Phi) is 6.27. The van der Waals surface area contributed by atoms with Crippen LogP contribution in [0.25, 0.3) is 11.0 Å². The zero-order valence-corrected chi connectivity index (χ0v) is 21.4. The van der Waals surface area contributed by atoms with Gasteiger partial charge in [0.2, 0.25) is 0 Å². The van der Waals surface area contributed by atoms with Gasteiger partial charge in [0.15, 0.2) is 0 Å². The molecule has 38 heavy (non-hydrogen) atoms. The molecule has 1 amide bonds. The lowest BCUT2D eigenvalue weighted by Crippen LogP contribution is -2.86. The van der Waals surface area contributed by atoms with Crippen LogP contribution in [-0.4, -0.2) is 40.8 Å². The number of nitrogens with one attached hydrogen (secondary N) is 1. The average Bonchev–Trinajstić information content (AvgIpc) is 3.27. The third-order valence-corrected chi connectivity index (χ3v) is 9.03. The van der Waals surface area contributed by atoms with E-state index in [2.05, 4.69) is 10.3 Å².